The number of phenols is 3. The van der Waals surface area contributed by atoms with Crippen molar-refractivity contribution in [3.8, 4) is 34.3 Å². The van der Waals surface area contributed by atoms with E-state index in [9.17, 15) is 66.1 Å². The molecule has 6 rings (SSSR count). The lowest BCUT2D eigenvalue weighted by molar-refractivity contribution is -0.364. The van der Waals surface area contributed by atoms with Gasteiger partial charge in [-0.1, -0.05) is 0 Å². The van der Waals surface area contributed by atoms with Crippen LogP contribution in [-0.2, 0) is 23.7 Å². The summed E-state index contributed by atoms with van der Waals surface area (Å²) in [6.45, 7) is -0.136. The van der Waals surface area contributed by atoms with Crippen LogP contribution in [0.4, 0.5) is 0 Å². The molecule has 3 aliphatic heterocycles. The molecule has 4 heterocycles. The minimum Gasteiger partial charge on any atom is -0.508 e. The van der Waals surface area contributed by atoms with Gasteiger partial charge in [-0.25, -0.2) is 0 Å². The monoisotopic (exact) mass is 756 g/mol. The van der Waals surface area contributed by atoms with Gasteiger partial charge in [-0.15, -0.1) is 0 Å². The Morgan fingerprint density at radius 1 is 0.679 bits per heavy atom. The highest BCUT2D eigenvalue weighted by molar-refractivity contribution is 5.88. The van der Waals surface area contributed by atoms with E-state index in [2.05, 4.69) is 0 Å². The molecule has 3 aromatic rings. The van der Waals surface area contributed by atoms with Crippen molar-refractivity contribution in [1.29, 1.82) is 0 Å². The Labute approximate surface area is 298 Å². The van der Waals surface area contributed by atoms with E-state index in [1.165, 1.54) is 31.2 Å². The van der Waals surface area contributed by atoms with Crippen LogP contribution in [0.15, 0.2) is 45.6 Å². The fraction of sp³-hybridized carbons (Fsp3) is 0.545. The lowest BCUT2D eigenvalue weighted by Crippen LogP contribution is -2.65. The van der Waals surface area contributed by atoms with Crippen LogP contribution in [-0.4, -0.2) is 167 Å². The standard InChI is InChI=1S/C33H40O20/c1-10-19(38)23(42)26(45)31(48-10)47-9-17-21(40)24(43)27(46)32(51-17)53-30-25(44)20(39)16(8-34)50-33(30)52-29-22(41)18-14(37)6-13(36)7-15(18)49-28(29)11-2-4-12(35)5-3-11/h2-7,10,16-17,19-21,23-27,30-40,42-46H,8-9H2,1H3/t10-,16-,17-,19+,20-,21-,23-,24+,25+,26-,27-,30-,31-,32+,33+/m1/s1. The van der Waals surface area contributed by atoms with Gasteiger partial charge < -0.3 is 94.1 Å². The summed E-state index contributed by atoms with van der Waals surface area (Å²) < 4.78 is 39.8. The van der Waals surface area contributed by atoms with E-state index >= 15 is 0 Å². The SMILES string of the molecule is C[C@H]1O[C@@H](OC[C@H]2O[C@@H](O[C@H]3[C@H](Oc4c(-c5ccc(O)cc5)oc5cc(O)cc(O)c5c4=O)O[C@H](CO)[C@@H](O)[C@@H]3O)[C@H](O)[C@@H](O)[C@@H]2O)[C@H](O)[C@H](O)[C@H]1O. The minimum absolute atomic E-state index is 0.127. The number of rotatable bonds is 9. The molecule has 12 N–H and O–H groups in total. The van der Waals surface area contributed by atoms with Gasteiger partial charge in [0.2, 0.25) is 17.5 Å². The topological polar surface area (TPSA) is 328 Å². The van der Waals surface area contributed by atoms with Gasteiger partial charge in [0.15, 0.2) is 24.4 Å². The Morgan fingerprint density at radius 2 is 1.30 bits per heavy atom. The van der Waals surface area contributed by atoms with Gasteiger partial charge in [0, 0.05) is 17.7 Å². The first-order chi connectivity index (χ1) is 25.1. The molecule has 0 spiro atoms. The molecule has 15 atom stereocenters. The molecule has 0 aliphatic carbocycles. The second kappa shape index (κ2) is 15.6. The number of hydrogen-bond acceptors (Lipinski definition) is 20. The first kappa shape index (κ1) is 39.0. The molecular weight excluding hydrogens is 716 g/mol. The highest BCUT2D eigenvalue weighted by atomic mass is 16.8. The summed E-state index contributed by atoms with van der Waals surface area (Å²) >= 11 is 0. The van der Waals surface area contributed by atoms with Crippen LogP contribution in [0.3, 0.4) is 0 Å². The van der Waals surface area contributed by atoms with Gasteiger partial charge in [0.1, 0.15) is 89.3 Å². The maximum atomic E-state index is 13.9. The molecule has 20 heteroatoms. The summed E-state index contributed by atoms with van der Waals surface area (Å²) in [5.74, 6) is -2.33. The number of ether oxygens (including phenoxy) is 6. The molecule has 1 aromatic heterocycles. The second-order valence-electron chi connectivity index (χ2n) is 12.9. The van der Waals surface area contributed by atoms with Crippen LogP contribution in [0.25, 0.3) is 22.3 Å². The van der Waals surface area contributed by atoms with Crippen molar-refractivity contribution in [3.63, 3.8) is 0 Å². The Hall–Kier alpha value is -3.71. The normalized spacial score (nSPS) is 37.8. The zero-order valence-electron chi connectivity index (χ0n) is 27.7. The molecule has 53 heavy (non-hydrogen) atoms. The number of phenolic OH excluding ortho intramolecular Hbond substituents is 3. The van der Waals surface area contributed by atoms with Gasteiger partial charge in [0.25, 0.3) is 0 Å². The fourth-order valence-corrected chi connectivity index (χ4v) is 6.25. The molecule has 0 radical (unpaired) electrons. The van der Waals surface area contributed by atoms with Crippen LogP contribution < -0.4 is 10.2 Å². The zero-order valence-corrected chi connectivity index (χ0v) is 27.7. The maximum Gasteiger partial charge on any atom is 0.239 e. The molecule has 292 valence electrons. The lowest BCUT2D eigenvalue weighted by Gasteiger charge is -2.46. The minimum atomic E-state index is -2.04. The van der Waals surface area contributed by atoms with Gasteiger partial charge in [-0.3, -0.25) is 4.79 Å². The van der Waals surface area contributed by atoms with Gasteiger partial charge in [0.05, 0.1) is 19.3 Å². The summed E-state index contributed by atoms with van der Waals surface area (Å²) in [5, 5.41) is 124. The Bertz CT molecular complexity index is 1790. The average Bonchev–Trinajstić information content (AvgIpc) is 3.12. The first-order valence-electron chi connectivity index (χ1n) is 16.4. The largest absolute Gasteiger partial charge is 0.508 e. The summed E-state index contributed by atoms with van der Waals surface area (Å²) in [6, 6.07) is 7.09. The predicted molar refractivity (Wildman–Crippen MR) is 171 cm³/mol. The van der Waals surface area contributed by atoms with Crippen molar-refractivity contribution < 1.29 is 94.1 Å². The third-order valence-corrected chi connectivity index (χ3v) is 9.30. The van der Waals surface area contributed by atoms with Crippen molar-refractivity contribution in [2.75, 3.05) is 13.2 Å². The van der Waals surface area contributed by atoms with Gasteiger partial charge >= 0.3 is 0 Å². The third kappa shape index (κ3) is 7.52. The van der Waals surface area contributed by atoms with Crippen molar-refractivity contribution in [3.05, 3.63) is 46.6 Å². The number of aromatic hydroxyl groups is 3. The molecular formula is C33H40O20. The van der Waals surface area contributed by atoms with Crippen LogP contribution in [0, 0.1) is 0 Å². The summed E-state index contributed by atoms with van der Waals surface area (Å²) in [5.41, 5.74) is -1.18. The van der Waals surface area contributed by atoms with E-state index in [1.807, 2.05) is 0 Å². The number of fused-ring (bicyclic) bond motifs is 1. The molecule has 2 aromatic carbocycles. The lowest BCUT2D eigenvalue weighted by atomic mass is 9.97. The highest BCUT2D eigenvalue weighted by Crippen LogP contribution is 2.38. The summed E-state index contributed by atoms with van der Waals surface area (Å²) in [7, 11) is 0. The molecule has 0 unspecified atom stereocenters. The number of hydrogen-bond donors (Lipinski definition) is 12. The van der Waals surface area contributed by atoms with E-state index in [1.54, 1.807) is 0 Å². The summed E-state index contributed by atoms with van der Waals surface area (Å²) in [6.07, 6.45) is -26.0. The van der Waals surface area contributed by atoms with Crippen LogP contribution in [0.1, 0.15) is 6.92 Å². The number of aliphatic hydroxyl groups excluding tert-OH is 9. The molecule has 0 bridgehead atoms. The van der Waals surface area contributed by atoms with Crippen LogP contribution in [0.2, 0.25) is 0 Å². The number of aliphatic hydroxyl groups is 9. The molecule has 20 nitrogen and oxygen atoms in total. The van der Waals surface area contributed by atoms with Gasteiger partial charge in [-0.2, -0.15) is 0 Å². The van der Waals surface area contributed by atoms with E-state index in [0.29, 0.717) is 0 Å². The third-order valence-electron chi connectivity index (χ3n) is 9.30. The van der Waals surface area contributed by atoms with E-state index in [-0.39, 0.29) is 22.7 Å². The quantitative estimate of drug-likeness (QED) is 0.100. The Morgan fingerprint density at radius 3 is 1.98 bits per heavy atom. The fourth-order valence-electron chi connectivity index (χ4n) is 6.25. The maximum absolute atomic E-state index is 13.9. The van der Waals surface area contributed by atoms with Crippen LogP contribution >= 0.6 is 0 Å². The van der Waals surface area contributed by atoms with Crippen LogP contribution in [0.5, 0.6) is 23.0 Å². The molecule has 0 saturated carbocycles. The molecule has 0 amide bonds. The predicted octanol–water partition coefficient (Wildman–Crippen LogP) is -3.57. The highest BCUT2D eigenvalue weighted by Gasteiger charge is 2.52. The summed E-state index contributed by atoms with van der Waals surface area (Å²) in [4.78, 5) is 13.9. The first-order valence-corrected chi connectivity index (χ1v) is 16.4. The zero-order chi connectivity index (χ0) is 38.5. The van der Waals surface area contributed by atoms with Gasteiger partial charge in [-0.05, 0) is 31.2 Å². The van der Waals surface area contributed by atoms with Crippen molar-refractivity contribution >= 4 is 11.0 Å². The Balaban J connectivity index is 1.31. The van der Waals surface area contributed by atoms with Crippen molar-refractivity contribution in [2.45, 2.75) is 99.0 Å². The molecule has 3 saturated heterocycles. The number of benzene rings is 2. The molecule has 3 fully saturated rings. The van der Waals surface area contributed by atoms with E-state index in [4.69, 9.17) is 32.8 Å². The average molecular weight is 757 g/mol. The van der Waals surface area contributed by atoms with Crippen molar-refractivity contribution in [1.82, 2.24) is 0 Å². The Kier molecular flexibility index (Phi) is 11.5. The molecule has 3 aliphatic rings. The smallest absolute Gasteiger partial charge is 0.239 e. The van der Waals surface area contributed by atoms with E-state index < -0.39 is 133 Å². The second-order valence-corrected chi connectivity index (χ2v) is 12.9. The van der Waals surface area contributed by atoms with Crippen molar-refractivity contribution in [2.24, 2.45) is 0 Å². The van der Waals surface area contributed by atoms with E-state index in [0.717, 1.165) is 12.1 Å².